The van der Waals surface area contributed by atoms with Gasteiger partial charge in [0.2, 0.25) is 11.8 Å². The van der Waals surface area contributed by atoms with Gasteiger partial charge in [-0.15, -0.1) is 0 Å². The van der Waals surface area contributed by atoms with Crippen molar-refractivity contribution in [2.75, 3.05) is 11.1 Å². The Hall–Kier alpha value is -4.14. The van der Waals surface area contributed by atoms with Crippen LogP contribution in [0.1, 0.15) is 20.8 Å². The first-order valence-corrected chi connectivity index (χ1v) is 9.61. The van der Waals surface area contributed by atoms with E-state index in [0.717, 1.165) is 11.1 Å². The minimum absolute atomic E-state index is 0.361. The van der Waals surface area contributed by atoms with E-state index >= 15 is 0 Å². The molecule has 0 radical (unpaired) electrons. The van der Waals surface area contributed by atoms with Crippen LogP contribution >= 0.6 is 0 Å². The maximum atomic E-state index is 12.3. The molecule has 0 bridgehead atoms. The molecular formula is C22H22N6O3. The van der Waals surface area contributed by atoms with Crippen molar-refractivity contribution in [3.63, 3.8) is 0 Å². The number of nitrogen functional groups attached to an aromatic ring is 1. The molecule has 3 N–H and O–H groups in total. The maximum absolute atomic E-state index is 12.3. The summed E-state index contributed by atoms with van der Waals surface area (Å²) >= 11 is 0. The molecule has 0 spiro atoms. The zero-order valence-electron chi connectivity index (χ0n) is 17.4. The second-order valence-electron chi connectivity index (χ2n) is 7.83. The van der Waals surface area contributed by atoms with Crippen LogP contribution in [0.25, 0.3) is 10.9 Å². The predicted octanol–water partition coefficient (Wildman–Crippen LogP) is 4.73. The Morgan fingerprint density at radius 2 is 1.97 bits per heavy atom. The van der Waals surface area contributed by atoms with Gasteiger partial charge in [0.25, 0.3) is 0 Å². The summed E-state index contributed by atoms with van der Waals surface area (Å²) in [6.07, 6.45) is 2.64. The van der Waals surface area contributed by atoms with E-state index in [4.69, 9.17) is 15.2 Å². The molecule has 0 fully saturated rings. The molecule has 2 heterocycles. The summed E-state index contributed by atoms with van der Waals surface area (Å²) in [5.74, 6) is 1.28. The standard InChI is InChI=1S/C22H22N6O3/c1-22(2,3)31-21(29)28-18-8-7-17(11-14(18)13-25-28)30-19-9-10-24-20(27-19)26-16-6-4-5-15(23)12-16/h4-13H,23H2,1-3H3,(H,24,26,27). The summed E-state index contributed by atoms with van der Waals surface area (Å²) in [6, 6.07) is 14.2. The smallest absolute Gasteiger partial charge is 0.435 e. The summed E-state index contributed by atoms with van der Waals surface area (Å²) in [5.41, 5.74) is 7.22. The molecule has 9 nitrogen and oxygen atoms in total. The van der Waals surface area contributed by atoms with Crippen molar-refractivity contribution < 1.29 is 14.3 Å². The van der Waals surface area contributed by atoms with Crippen LogP contribution in [0.3, 0.4) is 0 Å². The van der Waals surface area contributed by atoms with Gasteiger partial charge in [0.05, 0.1) is 11.7 Å². The van der Waals surface area contributed by atoms with E-state index in [2.05, 4.69) is 20.4 Å². The van der Waals surface area contributed by atoms with E-state index < -0.39 is 11.7 Å². The Labute approximate surface area is 178 Å². The van der Waals surface area contributed by atoms with E-state index in [0.29, 0.717) is 28.8 Å². The van der Waals surface area contributed by atoms with Crippen LogP contribution < -0.4 is 15.8 Å². The maximum Gasteiger partial charge on any atom is 0.435 e. The number of hydrogen-bond acceptors (Lipinski definition) is 8. The Kier molecular flexibility index (Phi) is 5.16. The molecule has 0 unspecified atom stereocenters. The van der Waals surface area contributed by atoms with Crippen molar-refractivity contribution in [1.29, 1.82) is 0 Å². The first-order valence-electron chi connectivity index (χ1n) is 9.61. The lowest BCUT2D eigenvalue weighted by molar-refractivity contribution is 0.0522. The van der Waals surface area contributed by atoms with Gasteiger partial charge in [-0.25, -0.2) is 9.78 Å². The highest BCUT2D eigenvalue weighted by molar-refractivity contribution is 5.88. The van der Waals surface area contributed by atoms with E-state index in [1.807, 2.05) is 12.1 Å². The number of carbonyl (C=O) groups is 1. The molecule has 0 saturated heterocycles. The van der Waals surface area contributed by atoms with Crippen LogP contribution in [0.4, 0.5) is 22.1 Å². The summed E-state index contributed by atoms with van der Waals surface area (Å²) in [4.78, 5) is 20.9. The largest absolute Gasteiger partial charge is 0.442 e. The summed E-state index contributed by atoms with van der Waals surface area (Å²) in [7, 11) is 0. The number of fused-ring (bicyclic) bond motifs is 1. The van der Waals surface area contributed by atoms with Gasteiger partial charge in [-0.2, -0.15) is 14.8 Å². The van der Waals surface area contributed by atoms with Crippen molar-refractivity contribution in [2.45, 2.75) is 26.4 Å². The number of ether oxygens (including phenoxy) is 2. The summed E-state index contributed by atoms with van der Waals surface area (Å²) in [6.45, 7) is 5.42. The number of anilines is 3. The lowest BCUT2D eigenvalue weighted by Crippen LogP contribution is -2.27. The zero-order chi connectivity index (χ0) is 22.0. The Morgan fingerprint density at radius 1 is 1.13 bits per heavy atom. The van der Waals surface area contributed by atoms with Crippen molar-refractivity contribution in [3.05, 3.63) is 60.9 Å². The fraction of sp³-hybridized carbons (Fsp3) is 0.182. The van der Waals surface area contributed by atoms with Crippen molar-refractivity contribution in [2.24, 2.45) is 0 Å². The molecule has 0 atom stereocenters. The van der Waals surface area contributed by atoms with Gasteiger partial charge in [0.1, 0.15) is 11.4 Å². The molecule has 0 saturated carbocycles. The fourth-order valence-electron chi connectivity index (χ4n) is 2.85. The minimum Gasteiger partial charge on any atom is -0.442 e. The number of aromatic nitrogens is 4. The monoisotopic (exact) mass is 418 g/mol. The number of carbonyl (C=O) groups excluding carboxylic acids is 1. The molecule has 0 amide bonds. The predicted molar refractivity (Wildman–Crippen MR) is 118 cm³/mol. The van der Waals surface area contributed by atoms with Crippen LogP contribution in [-0.4, -0.2) is 31.4 Å². The zero-order valence-corrected chi connectivity index (χ0v) is 17.4. The number of benzene rings is 2. The third-order valence-corrected chi connectivity index (χ3v) is 4.10. The first kappa shape index (κ1) is 20.1. The average Bonchev–Trinajstić information content (AvgIpc) is 3.10. The number of nitrogens with one attached hydrogen (secondary N) is 1. The van der Waals surface area contributed by atoms with E-state index in [1.165, 1.54) is 4.68 Å². The average molecular weight is 418 g/mol. The SMILES string of the molecule is CC(C)(C)OC(=O)n1ncc2cc(Oc3ccnc(Nc4cccc(N)c4)n3)ccc21. The highest BCUT2D eigenvalue weighted by Crippen LogP contribution is 2.26. The highest BCUT2D eigenvalue weighted by Gasteiger charge is 2.20. The Morgan fingerprint density at radius 3 is 2.74 bits per heavy atom. The molecule has 4 aromatic rings. The van der Waals surface area contributed by atoms with Crippen LogP contribution in [0.5, 0.6) is 11.6 Å². The molecule has 0 aliphatic heterocycles. The van der Waals surface area contributed by atoms with Gasteiger partial charge in [0, 0.05) is 29.0 Å². The van der Waals surface area contributed by atoms with Gasteiger partial charge >= 0.3 is 6.09 Å². The molecule has 0 aliphatic rings. The lowest BCUT2D eigenvalue weighted by Gasteiger charge is -2.19. The van der Waals surface area contributed by atoms with Crippen molar-refractivity contribution in [3.8, 4) is 11.6 Å². The second kappa shape index (κ2) is 7.94. The van der Waals surface area contributed by atoms with Gasteiger partial charge in [-0.1, -0.05) is 6.07 Å². The van der Waals surface area contributed by atoms with Crippen LogP contribution in [0.15, 0.2) is 60.9 Å². The van der Waals surface area contributed by atoms with Gasteiger partial charge < -0.3 is 20.5 Å². The van der Waals surface area contributed by atoms with Crippen LogP contribution in [0, 0.1) is 0 Å². The highest BCUT2D eigenvalue weighted by atomic mass is 16.6. The molecule has 2 aromatic carbocycles. The fourth-order valence-corrected chi connectivity index (χ4v) is 2.85. The third-order valence-electron chi connectivity index (χ3n) is 4.10. The Balaban J connectivity index is 1.52. The third kappa shape index (κ3) is 4.89. The number of nitrogens with two attached hydrogens (primary N) is 1. The normalized spacial score (nSPS) is 11.3. The van der Waals surface area contributed by atoms with Crippen molar-refractivity contribution in [1.82, 2.24) is 19.7 Å². The Bertz CT molecular complexity index is 1250. The minimum atomic E-state index is -0.608. The molecule has 0 aliphatic carbocycles. The quantitative estimate of drug-likeness (QED) is 0.457. The molecule has 158 valence electrons. The van der Waals surface area contributed by atoms with Gasteiger partial charge in [-0.3, -0.25) is 0 Å². The summed E-state index contributed by atoms with van der Waals surface area (Å²) < 4.78 is 12.5. The number of rotatable bonds is 4. The number of hydrogen-bond donors (Lipinski definition) is 2. The molecule has 2 aromatic heterocycles. The number of nitrogens with zero attached hydrogens (tertiary/aromatic N) is 4. The van der Waals surface area contributed by atoms with E-state index in [1.54, 1.807) is 69.6 Å². The second-order valence-corrected chi connectivity index (χ2v) is 7.83. The van der Waals surface area contributed by atoms with Gasteiger partial charge in [0.15, 0.2) is 0 Å². The van der Waals surface area contributed by atoms with Crippen LogP contribution in [0.2, 0.25) is 0 Å². The lowest BCUT2D eigenvalue weighted by atomic mass is 10.2. The van der Waals surface area contributed by atoms with E-state index in [-0.39, 0.29) is 0 Å². The molecule has 4 rings (SSSR count). The first-order chi connectivity index (χ1) is 14.8. The molecule has 31 heavy (non-hydrogen) atoms. The molecule has 9 heteroatoms. The van der Waals surface area contributed by atoms with E-state index in [9.17, 15) is 4.79 Å². The summed E-state index contributed by atoms with van der Waals surface area (Å²) in [5, 5.41) is 7.96. The van der Waals surface area contributed by atoms with Gasteiger partial charge in [-0.05, 0) is 57.2 Å². The van der Waals surface area contributed by atoms with Crippen LogP contribution in [-0.2, 0) is 4.74 Å². The topological polar surface area (TPSA) is 117 Å². The van der Waals surface area contributed by atoms with Crippen molar-refractivity contribution >= 4 is 34.3 Å². The molecular weight excluding hydrogens is 396 g/mol.